The van der Waals surface area contributed by atoms with Gasteiger partial charge >= 0.3 is 5.38 Å². The lowest BCUT2D eigenvalue weighted by atomic mass is 10.4. The third kappa shape index (κ3) is 3.12. The number of alkyl halides is 7. The third-order valence-corrected chi connectivity index (χ3v) is 1.15. The molecule has 10 heavy (non-hydrogen) atoms. The fourth-order valence-corrected chi connectivity index (χ4v) is 0.722. The molecule has 0 bridgehead atoms. The summed E-state index contributed by atoms with van der Waals surface area (Å²) >= 11 is 12.7. The second kappa shape index (κ2) is 2.91. The molecule has 7 heteroatoms. The maximum Gasteiger partial charge on any atom is 0.358 e. The van der Waals surface area contributed by atoms with Crippen LogP contribution in [0.4, 0.5) is 17.6 Å². The monoisotopic (exact) mass is 218 g/mol. The molecule has 0 aliphatic rings. The Bertz CT molecular complexity index is 99.9. The van der Waals surface area contributed by atoms with Gasteiger partial charge in [0.2, 0.25) is 6.17 Å². The molecule has 0 nitrogen and oxygen atoms in total. The van der Waals surface area contributed by atoms with E-state index in [1.807, 2.05) is 0 Å². The van der Waals surface area contributed by atoms with Gasteiger partial charge in [-0.1, -0.05) is 23.2 Å². The summed E-state index contributed by atoms with van der Waals surface area (Å²) in [6, 6.07) is 0. The lowest BCUT2D eigenvalue weighted by Crippen LogP contribution is -2.35. The molecule has 0 aromatic carbocycles. The molecule has 0 aliphatic heterocycles. The fourth-order valence-electron chi connectivity index (χ4n) is 0.186. The van der Waals surface area contributed by atoms with Crippen LogP contribution in [0.2, 0.25) is 0 Å². The highest BCUT2D eigenvalue weighted by Crippen LogP contribution is 2.40. The molecule has 0 rings (SSSR count). The van der Waals surface area contributed by atoms with Crippen molar-refractivity contribution in [3.63, 3.8) is 0 Å². The van der Waals surface area contributed by atoms with Gasteiger partial charge in [0.15, 0.2) is 0 Å². The van der Waals surface area contributed by atoms with Gasteiger partial charge < -0.3 is 0 Å². The number of hydrogen-bond acceptors (Lipinski definition) is 0. The molecule has 1 unspecified atom stereocenters. The van der Waals surface area contributed by atoms with Gasteiger partial charge in [-0.05, 0) is 11.6 Å². The van der Waals surface area contributed by atoms with Gasteiger partial charge in [-0.15, -0.1) is 0 Å². The van der Waals surface area contributed by atoms with Crippen LogP contribution in [0.1, 0.15) is 0 Å². The molecule has 0 radical (unpaired) electrons. The van der Waals surface area contributed by atoms with Crippen LogP contribution in [0.25, 0.3) is 0 Å². The predicted molar refractivity (Wildman–Crippen MR) is 31.2 cm³/mol. The second-order valence-corrected chi connectivity index (χ2v) is 3.24. The summed E-state index contributed by atoms with van der Waals surface area (Å²) in [5.41, 5.74) is 0. The van der Waals surface area contributed by atoms with Crippen LogP contribution in [-0.4, -0.2) is 16.1 Å². The van der Waals surface area contributed by atoms with E-state index in [1.165, 1.54) is 0 Å². The summed E-state index contributed by atoms with van der Waals surface area (Å²) in [4.78, 5) is 0. The molecule has 0 saturated heterocycles. The first-order chi connectivity index (χ1) is 4.15. The first-order valence-electron chi connectivity index (χ1n) is 1.93. The van der Waals surface area contributed by atoms with Gasteiger partial charge in [0.1, 0.15) is 0 Å². The van der Waals surface area contributed by atoms with E-state index in [0.29, 0.717) is 0 Å². The van der Waals surface area contributed by atoms with Crippen LogP contribution in [0, 0.1) is 0 Å². The van der Waals surface area contributed by atoms with Crippen LogP contribution < -0.4 is 0 Å². The van der Waals surface area contributed by atoms with E-state index in [1.54, 1.807) is 0 Å². The Labute approximate surface area is 69.0 Å². The van der Waals surface area contributed by atoms with Crippen molar-refractivity contribution in [2.45, 2.75) is 16.1 Å². The van der Waals surface area contributed by atoms with Crippen molar-refractivity contribution in [3.8, 4) is 0 Å². The van der Waals surface area contributed by atoms with Gasteiger partial charge in [0, 0.05) is 0 Å². The van der Waals surface area contributed by atoms with Crippen molar-refractivity contribution in [2.24, 2.45) is 0 Å². The Morgan fingerprint density at radius 2 is 1.30 bits per heavy atom. The van der Waals surface area contributed by atoms with Gasteiger partial charge in [-0.2, -0.15) is 8.78 Å². The molecule has 0 aliphatic carbocycles. The molecule has 0 N–H and O–H groups in total. The summed E-state index contributed by atoms with van der Waals surface area (Å²) < 4.78 is 43.3. The van der Waals surface area contributed by atoms with Crippen molar-refractivity contribution in [3.05, 3.63) is 0 Å². The molecule has 1 atom stereocenters. The van der Waals surface area contributed by atoms with Crippen LogP contribution in [-0.2, 0) is 0 Å². The van der Waals surface area contributed by atoms with Crippen molar-refractivity contribution in [1.82, 2.24) is 0 Å². The standard InChI is InChI=1S/C3HCl3F4/c4-2(5,8)1(7)3(6,9)10/h1H. The Hall–Kier alpha value is 0.590. The maximum atomic E-state index is 11.9. The molecular formula is C3HCl3F4. The lowest BCUT2D eigenvalue weighted by molar-refractivity contribution is -0.0234. The van der Waals surface area contributed by atoms with Gasteiger partial charge in [-0.3, -0.25) is 0 Å². The van der Waals surface area contributed by atoms with E-state index in [-0.39, 0.29) is 0 Å². The zero-order valence-corrected chi connectivity index (χ0v) is 6.49. The Kier molecular flexibility index (Phi) is 3.08. The minimum atomic E-state index is -4.39. The van der Waals surface area contributed by atoms with Crippen molar-refractivity contribution >= 4 is 34.8 Å². The summed E-state index contributed by atoms with van der Waals surface area (Å²) in [5.74, 6) is 0. The largest absolute Gasteiger partial charge is 0.358 e. The lowest BCUT2D eigenvalue weighted by Gasteiger charge is -2.18. The normalized spacial score (nSPS) is 17.1. The maximum absolute atomic E-state index is 11.9. The van der Waals surface area contributed by atoms with Crippen LogP contribution in [0.15, 0.2) is 0 Å². The third-order valence-electron chi connectivity index (χ3n) is 0.575. The predicted octanol–water partition coefficient (Wildman–Crippen LogP) is 3.26. The van der Waals surface area contributed by atoms with Crippen molar-refractivity contribution in [1.29, 1.82) is 0 Å². The van der Waals surface area contributed by atoms with Crippen molar-refractivity contribution < 1.29 is 17.6 Å². The number of hydrogen-bond donors (Lipinski definition) is 0. The highest BCUT2D eigenvalue weighted by molar-refractivity contribution is 6.48. The summed E-state index contributed by atoms with van der Waals surface area (Å²) in [7, 11) is 0. The zero-order valence-electron chi connectivity index (χ0n) is 4.22. The number of rotatable bonds is 2. The molecule has 0 aromatic rings. The molecule has 0 amide bonds. The van der Waals surface area contributed by atoms with E-state index >= 15 is 0 Å². The van der Waals surface area contributed by atoms with Crippen LogP contribution in [0.3, 0.4) is 0 Å². The van der Waals surface area contributed by atoms with Gasteiger partial charge in [0.25, 0.3) is 4.59 Å². The summed E-state index contributed by atoms with van der Waals surface area (Å²) in [5, 5.41) is -4.39. The van der Waals surface area contributed by atoms with Crippen LogP contribution >= 0.6 is 34.8 Å². The first kappa shape index (κ1) is 10.6. The Morgan fingerprint density at radius 1 is 1.00 bits per heavy atom. The molecule has 62 valence electrons. The zero-order chi connectivity index (χ0) is 8.58. The SMILES string of the molecule is FC(C(F)(F)Cl)C(F)(Cl)Cl. The quantitative estimate of drug-likeness (QED) is 0.494. The molecule has 0 saturated carbocycles. The van der Waals surface area contributed by atoms with Crippen LogP contribution in [0.5, 0.6) is 0 Å². The smallest absolute Gasteiger partial charge is 0.233 e. The van der Waals surface area contributed by atoms with Gasteiger partial charge in [-0.25, -0.2) is 8.78 Å². The van der Waals surface area contributed by atoms with E-state index in [9.17, 15) is 17.6 Å². The Balaban J connectivity index is 4.23. The molecule has 0 spiro atoms. The molecule has 0 fully saturated rings. The summed E-state index contributed by atoms with van der Waals surface area (Å²) in [6.07, 6.45) is -3.44. The second-order valence-electron chi connectivity index (χ2n) is 1.45. The summed E-state index contributed by atoms with van der Waals surface area (Å²) in [6.45, 7) is 0. The Morgan fingerprint density at radius 3 is 1.30 bits per heavy atom. The average molecular weight is 219 g/mol. The molecular weight excluding hydrogens is 218 g/mol. The minimum Gasteiger partial charge on any atom is -0.233 e. The highest BCUT2D eigenvalue weighted by atomic mass is 35.5. The fraction of sp³-hybridized carbons (Fsp3) is 1.00. The van der Waals surface area contributed by atoms with E-state index in [0.717, 1.165) is 0 Å². The molecule has 0 aromatic heterocycles. The minimum absolute atomic E-state index is 3.44. The number of halogens is 7. The first-order valence-corrected chi connectivity index (χ1v) is 3.06. The highest BCUT2D eigenvalue weighted by Gasteiger charge is 2.52. The van der Waals surface area contributed by atoms with E-state index < -0.39 is 16.1 Å². The van der Waals surface area contributed by atoms with E-state index in [4.69, 9.17) is 0 Å². The topological polar surface area (TPSA) is 0 Å². The van der Waals surface area contributed by atoms with E-state index in [2.05, 4.69) is 34.8 Å². The van der Waals surface area contributed by atoms with Crippen molar-refractivity contribution in [2.75, 3.05) is 0 Å². The average Bonchev–Trinajstić information content (AvgIpc) is 1.59. The molecule has 0 heterocycles. The van der Waals surface area contributed by atoms with Gasteiger partial charge in [0.05, 0.1) is 0 Å².